The molecule has 1 aliphatic rings. The standard InChI is InChI=1S/C16H20N2O2/c1-11(2)16(19)18-9-7-12(8-10-18)15-17-13-5-3-4-6-14(13)20-15/h3-6,11-12H,7-10H2,1-2H3. The molecular formula is C16H20N2O2. The third-order valence-corrected chi connectivity index (χ3v) is 3.96. The largest absolute Gasteiger partial charge is 0.440 e. The molecule has 1 amide bonds. The second kappa shape index (κ2) is 5.27. The minimum Gasteiger partial charge on any atom is -0.440 e. The Morgan fingerprint density at radius 1 is 1.30 bits per heavy atom. The summed E-state index contributed by atoms with van der Waals surface area (Å²) in [4.78, 5) is 18.5. The van der Waals surface area contributed by atoms with Crippen LogP contribution in [-0.4, -0.2) is 28.9 Å². The zero-order valence-electron chi connectivity index (χ0n) is 12.0. The maximum atomic E-state index is 12.0. The van der Waals surface area contributed by atoms with Crippen LogP contribution in [0.3, 0.4) is 0 Å². The van der Waals surface area contributed by atoms with Crippen LogP contribution in [-0.2, 0) is 4.79 Å². The number of hydrogen-bond acceptors (Lipinski definition) is 3. The van der Waals surface area contributed by atoms with Crippen molar-refractivity contribution in [1.82, 2.24) is 9.88 Å². The highest BCUT2D eigenvalue weighted by atomic mass is 16.3. The number of benzene rings is 1. The fourth-order valence-corrected chi connectivity index (χ4v) is 2.78. The summed E-state index contributed by atoms with van der Waals surface area (Å²) in [6.07, 6.45) is 1.87. The van der Waals surface area contributed by atoms with Crippen LogP contribution in [0.2, 0.25) is 0 Å². The minimum absolute atomic E-state index is 0.0795. The first-order valence-corrected chi connectivity index (χ1v) is 7.29. The van der Waals surface area contributed by atoms with Crippen LogP contribution in [0.15, 0.2) is 28.7 Å². The highest BCUT2D eigenvalue weighted by molar-refractivity contribution is 5.78. The molecule has 1 aromatic heterocycles. The Bertz CT molecular complexity index is 577. The quantitative estimate of drug-likeness (QED) is 0.843. The highest BCUT2D eigenvalue weighted by Crippen LogP contribution is 2.30. The van der Waals surface area contributed by atoms with Crippen molar-refractivity contribution in [3.8, 4) is 0 Å². The van der Waals surface area contributed by atoms with Gasteiger partial charge in [0.15, 0.2) is 11.5 Å². The molecule has 1 saturated heterocycles. The number of rotatable bonds is 2. The fourth-order valence-electron chi connectivity index (χ4n) is 2.78. The first kappa shape index (κ1) is 13.2. The number of nitrogens with zero attached hydrogens (tertiary/aromatic N) is 2. The van der Waals surface area contributed by atoms with Crippen LogP contribution in [0.4, 0.5) is 0 Å². The predicted molar refractivity (Wildman–Crippen MR) is 77.4 cm³/mol. The molecular weight excluding hydrogens is 252 g/mol. The van der Waals surface area contributed by atoms with E-state index in [9.17, 15) is 4.79 Å². The molecule has 0 spiro atoms. The topological polar surface area (TPSA) is 46.3 Å². The second-order valence-corrected chi connectivity index (χ2v) is 5.77. The van der Waals surface area contributed by atoms with Gasteiger partial charge < -0.3 is 9.32 Å². The number of piperidine rings is 1. The van der Waals surface area contributed by atoms with E-state index < -0.39 is 0 Å². The lowest BCUT2D eigenvalue weighted by molar-refractivity contribution is -0.135. The van der Waals surface area contributed by atoms with Gasteiger partial charge in [-0.25, -0.2) is 4.98 Å². The number of aromatic nitrogens is 1. The van der Waals surface area contributed by atoms with Crippen molar-refractivity contribution in [2.45, 2.75) is 32.6 Å². The third-order valence-electron chi connectivity index (χ3n) is 3.96. The number of fused-ring (bicyclic) bond motifs is 1. The Balaban J connectivity index is 1.70. The average Bonchev–Trinajstić information content (AvgIpc) is 2.90. The first-order chi connectivity index (χ1) is 9.65. The predicted octanol–water partition coefficient (Wildman–Crippen LogP) is 3.19. The molecule has 1 fully saturated rings. The van der Waals surface area contributed by atoms with Gasteiger partial charge in [0.25, 0.3) is 0 Å². The molecule has 20 heavy (non-hydrogen) atoms. The van der Waals surface area contributed by atoms with Crippen LogP contribution in [0.5, 0.6) is 0 Å². The van der Waals surface area contributed by atoms with Crippen LogP contribution in [0, 0.1) is 5.92 Å². The van der Waals surface area contributed by atoms with Crippen molar-refractivity contribution in [3.63, 3.8) is 0 Å². The van der Waals surface area contributed by atoms with E-state index in [4.69, 9.17) is 4.42 Å². The second-order valence-electron chi connectivity index (χ2n) is 5.77. The molecule has 0 bridgehead atoms. The Morgan fingerprint density at radius 3 is 2.65 bits per heavy atom. The molecule has 1 aromatic carbocycles. The lowest BCUT2D eigenvalue weighted by Crippen LogP contribution is -2.40. The molecule has 2 aromatic rings. The molecule has 106 valence electrons. The van der Waals surface area contributed by atoms with Crippen LogP contribution in [0.25, 0.3) is 11.1 Å². The van der Waals surface area contributed by atoms with E-state index in [1.165, 1.54) is 0 Å². The maximum absolute atomic E-state index is 12.0. The number of para-hydroxylation sites is 2. The van der Waals surface area contributed by atoms with Crippen LogP contribution in [0.1, 0.15) is 38.5 Å². The Labute approximate surface area is 118 Å². The number of likely N-dealkylation sites (tertiary alicyclic amines) is 1. The molecule has 0 saturated carbocycles. The van der Waals surface area contributed by atoms with E-state index in [0.29, 0.717) is 5.92 Å². The van der Waals surface area contributed by atoms with E-state index in [1.807, 2.05) is 43.0 Å². The molecule has 0 radical (unpaired) electrons. The van der Waals surface area contributed by atoms with Gasteiger partial charge in [0.2, 0.25) is 5.91 Å². The Kier molecular flexibility index (Phi) is 3.47. The summed E-state index contributed by atoms with van der Waals surface area (Å²) in [7, 11) is 0. The lowest BCUT2D eigenvalue weighted by atomic mass is 9.96. The molecule has 0 atom stereocenters. The molecule has 0 N–H and O–H groups in total. The zero-order valence-corrected chi connectivity index (χ0v) is 12.0. The van der Waals surface area contributed by atoms with E-state index in [0.717, 1.165) is 42.9 Å². The van der Waals surface area contributed by atoms with Gasteiger partial charge in [0, 0.05) is 24.9 Å². The molecule has 4 nitrogen and oxygen atoms in total. The SMILES string of the molecule is CC(C)C(=O)N1CCC(c2nc3ccccc3o2)CC1. The summed E-state index contributed by atoms with van der Waals surface area (Å²) in [5.41, 5.74) is 1.77. The zero-order chi connectivity index (χ0) is 14.1. The summed E-state index contributed by atoms with van der Waals surface area (Å²) in [5, 5.41) is 0. The van der Waals surface area contributed by atoms with E-state index in [2.05, 4.69) is 4.98 Å². The van der Waals surface area contributed by atoms with Gasteiger partial charge in [-0.05, 0) is 25.0 Å². The van der Waals surface area contributed by atoms with Gasteiger partial charge >= 0.3 is 0 Å². The van der Waals surface area contributed by atoms with Gasteiger partial charge in [0.05, 0.1) is 0 Å². The van der Waals surface area contributed by atoms with Gasteiger partial charge in [-0.2, -0.15) is 0 Å². The summed E-state index contributed by atoms with van der Waals surface area (Å²) < 4.78 is 5.84. The summed E-state index contributed by atoms with van der Waals surface area (Å²) in [6, 6.07) is 7.85. The molecule has 1 aliphatic heterocycles. The third kappa shape index (κ3) is 2.42. The number of oxazole rings is 1. The van der Waals surface area contributed by atoms with Gasteiger partial charge in [0.1, 0.15) is 5.52 Å². The molecule has 0 aliphatic carbocycles. The summed E-state index contributed by atoms with van der Waals surface area (Å²) >= 11 is 0. The maximum Gasteiger partial charge on any atom is 0.225 e. The summed E-state index contributed by atoms with van der Waals surface area (Å²) in [6.45, 7) is 5.52. The van der Waals surface area contributed by atoms with Crippen LogP contribution >= 0.6 is 0 Å². The smallest absolute Gasteiger partial charge is 0.225 e. The molecule has 0 unspecified atom stereocenters. The number of amides is 1. The lowest BCUT2D eigenvalue weighted by Gasteiger charge is -2.31. The first-order valence-electron chi connectivity index (χ1n) is 7.29. The molecule has 3 rings (SSSR count). The van der Waals surface area contributed by atoms with E-state index in [1.54, 1.807) is 0 Å². The number of hydrogen-bond donors (Lipinski definition) is 0. The van der Waals surface area contributed by atoms with Crippen molar-refractivity contribution in [2.24, 2.45) is 5.92 Å². The van der Waals surface area contributed by atoms with Gasteiger partial charge in [-0.15, -0.1) is 0 Å². The van der Waals surface area contributed by atoms with Crippen LogP contribution < -0.4 is 0 Å². The van der Waals surface area contributed by atoms with Crippen molar-refractivity contribution < 1.29 is 9.21 Å². The molecule has 4 heteroatoms. The van der Waals surface area contributed by atoms with Crippen molar-refractivity contribution in [1.29, 1.82) is 0 Å². The Hall–Kier alpha value is -1.84. The van der Waals surface area contributed by atoms with Crippen molar-refractivity contribution >= 4 is 17.0 Å². The minimum atomic E-state index is 0.0795. The van der Waals surface area contributed by atoms with Gasteiger partial charge in [-0.3, -0.25) is 4.79 Å². The normalized spacial score (nSPS) is 17.1. The van der Waals surface area contributed by atoms with Crippen molar-refractivity contribution in [2.75, 3.05) is 13.1 Å². The molecule has 2 heterocycles. The number of carbonyl (C=O) groups excluding carboxylic acids is 1. The van der Waals surface area contributed by atoms with E-state index in [-0.39, 0.29) is 11.8 Å². The van der Waals surface area contributed by atoms with Gasteiger partial charge in [-0.1, -0.05) is 26.0 Å². The highest BCUT2D eigenvalue weighted by Gasteiger charge is 2.27. The van der Waals surface area contributed by atoms with E-state index >= 15 is 0 Å². The number of carbonyl (C=O) groups is 1. The monoisotopic (exact) mass is 272 g/mol. The fraction of sp³-hybridized carbons (Fsp3) is 0.500. The summed E-state index contributed by atoms with van der Waals surface area (Å²) in [5.74, 6) is 1.48. The average molecular weight is 272 g/mol. The Morgan fingerprint density at radius 2 is 2.00 bits per heavy atom. The van der Waals surface area contributed by atoms with Crippen molar-refractivity contribution in [3.05, 3.63) is 30.2 Å².